The minimum Gasteiger partial charge on any atom is -0.483 e. The van der Waals surface area contributed by atoms with Crippen LogP contribution in [0.15, 0.2) is 43.6 Å². The van der Waals surface area contributed by atoms with Crippen molar-refractivity contribution in [1.82, 2.24) is 4.98 Å². The minimum atomic E-state index is -0.275. The van der Waals surface area contributed by atoms with Crippen LogP contribution in [-0.4, -0.2) is 23.1 Å². The van der Waals surface area contributed by atoms with E-state index in [-0.39, 0.29) is 18.1 Å². The molecule has 0 bridgehead atoms. The molecule has 0 saturated carbocycles. The molecule has 5 heteroatoms. The molecule has 1 aliphatic rings. The van der Waals surface area contributed by atoms with E-state index in [1.165, 1.54) is 0 Å². The van der Waals surface area contributed by atoms with Crippen molar-refractivity contribution in [2.75, 3.05) is 11.9 Å². The minimum absolute atomic E-state index is 0.118. The quantitative estimate of drug-likeness (QED) is 0.852. The number of nitrogens with one attached hydrogen (secondary N) is 1. The van der Waals surface area contributed by atoms with Crippen LogP contribution in [0, 0.1) is 0 Å². The van der Waals surface area contributed by atoms with Gasteiger partial charge in [0, 0.05) is 17.5 Å². The van der Waals surface area contributed by atoms with Gasteiger partial charge >= 0.3 is 0 Å². The molecule has 0 unspecified atom stereocenters. The van der Waals surface area contributed by atoms with Crippen LogP contribution < -0.4 is 14.8 Å². The van der Waals surface area contributed by atoms with Gasteiger partial charge in [-0.15, -0.1) is 0 Å². The van der Waals surface area contributed by atoms with Crippen LogP contribution in [-0.2, 0) is 11.2 Å². The number of rotatable bonds is 6. The summed E-state index contributed by atoms with van der Waals surface area (Å²) in [5.41, 5.74) is 2.93. The van der Waals surface area contributed by atoms with Crippen molar-refractivity contribution in [2.45, 2.75) is 25.9 Å². The Morgan fingerprint density at radius 3 is 2.92 bits per heavy atom. The van der Waals surface area contributed by atoms with E-state index in [0.29, 0.717) is 17.1 Å². The number of hydrogen-bond donors (Lipinski definition) is 1. The van der Waals surface area contributed by atoms with Gasteiger partial charge in [-0.1, -0.05) is 31.4 Å². The van der Waals surface area contributed by atoms with Crippen LogP contribution in [0.5, 0.6) is 11.5 Å². The van der Waals surface area contributed by atoms with Crippen LogP contribution >= 0.6 is 0 Å². The Bertz CT molecular complexity index is 872. The van der Waals surface area contributed by atoms with Gasteiger partial charge in [0.15, 0.2) is 18.1 Å². The molecule has 0 fully saturated rings. The highest BCUT2D eigenvalue weighted by molar-refractivity contribution is 5.92. The summed E-state index contributed by atoms with van der Waals surface area (Å²) in [7, 11) is 0. The summed E-state index contributed by atoms with van der Waals surface area (Å²) in [5, 5.41) is 2.77. The Balaban J connectivity index is 1.65. The highest BCUT2D eigenvalue weighted by atomic mass is 16.5. The lowest BCUT2D eigenvalue weighted by atomic mass is 10.0. The van der Waals surface area contributed by atoms with E-state index in [1.807, 2.05) is 32.0 Å². The van der Waals surface area contributed by atoms with Crippen molar-refractivity contribution in [3.8, 4) is 11.5 Å². The number of para-hydroxylation sites is 1. The lowest BCUT2D eigenvalue weighted by Crippen LogP contribution is -2.25. The van der Waals surface area contributed by atoms with Gasteiger partial charge in [0.05, 0.1) is 17.6 Å². The Kier molecular flexibility index (Phi) is 4.80. The van der Waals surface area contributed by atoms with Gasteiger partial charge < -0.3 is 14.8 Å². The summed E-state index contributed by atoms with van der Waals surface area (Å²) in [6, 6.07) is 7.52. The standard InChI is InChI=1S/C21H22N2O3/c1-5-14-10-16(12-22-17(14)6-2)23-19(24)13-25-18-9-7-8-15-11-21(3,4)26-20(15)18/h5-10,12H,1-2,11,13H2,3-4H3,(H,23,24). The molecule has 0 spiro atoms. The Labute approximate surface area is 153 Å². The van der Waals surface area contributed by atoms with Crippen LogP contribution in [0.1, 0.15) is 30.7 Å². The largest absolute Gasteiger partial charge is 0.483 e. The van der Waals surface area contributed by atoms with Gasteiger partial charge in [0.25, 0.3) is 5.91 Å². The SMILES string of the molecule is C=Cc1cc(NC(=O)COc2cccc3c2OC(C)(C)C3)cnc1C=C. The molecule has 1 N–H and O–H groups in total. The first kappa shape index (κ1) is 17.7. The molecule has 1 amide bonds. The number of aromatic nitrogens is 1. The second kappa shape index (κ2) is 7.04. The number of hydrogen-bond acceptors (Lipinski definition) is 4. The summed E-state index contributed by atoms with van der Waals surface area (Å²) < 4.78 is 11.6. The van der Waals surface area contributed by atoms with Crippen molar-refractivity contribution < 1.29 is 14.3 Å². The summed E-state index contributed by atoms with van der Waals surface area (Å²) in [6.45, 7) is 11.4. The Morgan fingerprint density at radius 2 is 2.19 bits per heavy atom. The molecular weight excluding hydrogens is 328 g/mol. The van der Waals surface area contributed by atoms with Gasteiger partial charge in [0.2, 0.25) is 0 Å². The first-order chi connectivity index (χ1) is 12.4. The number of pyridine rings is 1. The lowest BCUT2D eigenvalue weighted by Gasteiger charge is -2.18. The molecule has 1 aromatic heterocycles. The molecule has 0 atom stereocenters. The van der Waals surface area contributed by atoms with Crippen LogP contribution in [0.2, 0.25) is 0 Å². The number of ether oxygens (including phenoxy) is 2. The van der Waals surface area contributed by atoms with Crippen LogP contribution in [0.4, 0.5) is 5.69 Å². The molecule has 0 aliphatic carbocycles. The average molecular weight is 350 g/mol. The van der Waals surface area contributed by atoms with Crippen molar-refractivity contribution in [2.24, 2.45) is 0 Å². The second-order valence-corrected chi connectivity index (χ2v) is 6.73. The predicted molar refractivity (Wildman–Crippen MR) is 103 cm³/mol. The van der Waals surface area contributed by atoms with Crippen molar-refractivity contribution in [3.63, 3.8) is 0 Å². The van der Waals surface area contributed by atoms with Crippen LogP contribution in [0.3, 0.4) is 0 Å². The molecule has 2 aromatic rings. The van der Waals surface area contributed by atoms with E-state index in [9.17, 15) is 4.79 Å². The summed E-state index contributed by atoms with van der Waals surface area (Å²) in [4.78, 5) is 16.5. The molecule has 134 valence electrons. The van der Waals surface area contributed by atoms with Gasteiger partial charge in [-0.25, -0.2) is 0 Å². The predicted octanol–water partition coefficient (Wildman–Crippen LogP) is 4.10. The molecule has 2 heterocycles. The molecule has 0 radical (unpaired) electrons. The van der Waals surface area contributed by atoms with Gasteiger partial charge in [-0.05, 0) is 32.1 Å². The van der Waals surface area contributed by atoms with E-state index in [1.54, 1.807) is 24.4 Å². The number of carbonyl (C=O) groups is 1. The highest BCUT2D eigenvalue weighted by Crippen LogP contribution is 2.41. The third-order valence-corrected chi connectivity index (χ3v) is 4.06. The highest BCUT2D eigenvalue weighted by Gasteiger charge is 2.32. The summed E-state index contributed by atoms with van der Waals surface area (Å²) in [5.74, 6) is 1.02. The number of nitrogens with zero attached hydrogens (tertiary/aromatic N) is 1. The lowest BCUT2D eigenvalue weighted by molar-refractivity contribution is -0.118. The maximum Gasteiger partial charge on any atom is 0.262 e. The zero-order valence-electron chi connectivity index (χ0n) is 15.0. The third kappa shape index (κ3) is 3.77. The average Bonchev–Trinajstić information content (AvgIpc) is 2.94. The number of fused-ring (bicyclic) bond motifs is 1. The number of anilines is 1. The Morgan fingerprint density at radius 1 is 1.38 bits per heavy atom. The van der Waals surface area contributed by atoms with Crippen molar-refractivity contribution >= 4 is 23.7 Å². The van der Waals surface area contributed by atoms with Gasteiger partial charge in [-0.2, -0.15) is 0 Å². The molecule has 0 saturated heterocycles. The zero-order valence-corrected chi connectivity index (χ0v) is 15.0. The molecule has 3 rings (SSSR count). The smallest absolute Gasteiger partial charge is 0.262 e. The first-order valence-corrected chi connectivity index (χ1v) is 8.40. The van der Waals surface area contributed by atoms with Gasteiger partial charge in [0.1, 0.15) is 5.60 Å². The fourth-order valence-electron chi connectivity index (χ4n) is 2.94. The number of carbonyl (C=O) groups excluding carboxylic acids is 1. The summed E-state index contributed by atoms with van der Waals surface area (Å²) >= 11 is 0. The summed E-state index contributed by atoms with van der Waals surface area (Å²) in [6.07, 6.45) is 5.71. The zero-order chi connectivity index (χ0) is 18.7. The number of benzene rings is 1. The van der Waals surface area contributed by atoms with Crippen molar-refractivity contribution in [1.29, 1.82) is 0 Å². The van der Waals surface area contributed by atoms with E-state index in [2.05, 4.69) is 23.5 Å². The molecule has 26 heavy (non-hydrogen) atoms. The first-order valence-electron chi connectivity index (χ1n) is 8.40. The fraction of sp³-hybridized carbons (Fsp3) is 0.238. The second-order valence-electron chi connectivity index (χ2n) is 6.73. The van der Waals surface area contributed by atoms with Gasteiger partial charge in [-0.3, -0.25) is 9.78 Å². The van der Waals surface area contributed by atoms with Crippen molar-refractivity contribution in [3.05, 3.63) is 60.4 Å². The van der Waals surface area contributed by atoms with Crippen LogP contribution in [0.25, 0.3) is 12.2 Å². The van der Waals surface area contributed by atoms with E-state index in [0.717, 1.165) is 23.3 Å². The topological polar surface area (TPSA) is 60.5 Å². The molecule has 5 nitrogen and oxygen atoms in total. The normalized spacial score (nSPS) is 14.1. The van der Waals surface area contributed by atoms with E-state index < -0.39 is 0 Å². The maximum absolute atomic E-state index is 12.2. The molecule has 1 aliphatic heterocycles. The molecule has 1 aromatic carbocycles. The van der Waals surface area contributed by atoms with E-state index in [4.69, 9.17) is 9.47 Å². The van der Waals surface area contributed by atoms with E-state index >= 15 is 0 Å². The Hall–Kier alpha value is -3.08. The monoisotopic (exact) mass is 350 g/mol. The molecular formula is C21H22N2O3. The fourth-order valence-corrected chi connectivity index (χ4v) is 2.94. The number of amides is 1. The third-order valence-electron chi connectivity index (χ3n) is 4.06. The maximum atomic E-state index is 12.2.